The highest BCUT2D eigenvalue weighted by Crippen LogP contribution is 2.66. The Kier molecular flexibility index (Phi) is 6.01. The highest BCUT2D eigenvalue weighted by Gasteiger charge is 2.68. The van der Waals surface area contributed by atoms with Gasteiger partial charge in [-0.3, -0.25) is 4.79 Å². The smallest absolute Gasteiger partial charge is 0.405 e. The predicted octanol–water partition coefficient (Wildman–Crippen LogP) is 3.05. The van der Waals surface area contributed by atoms with Crippen molar-refractivity contribution in [2.24, 2.45) is 28.9 Å². The molecule has 1 amide bonds. The van der Waals surface area contributed by atoms with Crippen LogP contribution in [-0.4, -0.2) is 45.1 Å². The number of benzene rings is 1. The number of hydrogen-bond donors (Lipinski definition) is 1. The Morgan fingerprint density at radius 3 is 2.60 bits per heavy atom. The highest BCUT2D eigenvalue weighted by atomic mass is 16.7. The Bertz CT molecular complexity index is 759. The van der Waals surface area contributed by atoms with E-state index in [9.17, 15) is 4.79 Å². The summed E-state index contributed by atoms with van der Waals surface area (Å²) in [5.41, 5.74) is 6.75. The van der Waals surface area contributed by atoms with E-state index in [0.717, 1.165) is 12.0 Å². The third-order valence-corrected chi connectivity index (χ3v) is 7.97. The van der Waals surface area contributed by atoms with Gasteiger partial charge in [-0.05, 0) is 42.6 Å². The van der Waals surface area contributed by atoms with E-state index in [4.69, 9.17) is 24.5 Å². The average molecular weight is 415 g/mol. The maximum absolute atomic E-state index is 12.3. The summed E-state index contributed by atoms with van der Waals surface area (Å²) >= 11 is 0. The van der Waals surface area contributed by atoms with Crippen LogP contribution in [0, 0.1) is 23.2 Å². The summed E-state index contributed by atoms with van der Waals surface area (Å²) in [5.74, 6) is -0.154. The van der Waals surface area contributed by atoms with Gasteiger partial charge in [-0.2, -0.15) is 0 Å². The van der Waals surface area contributed by atoms with E-state index in [2.05, 4.69) is 20.8 Å². The lowest BCUT2D eigenvalue weighted by molar-refractivity contribution is -0.199. The predicted molar refractivity (Wildman–Crippen MR) is 115 cm³/mol. The molecule has 1 aliphatic heterocycles. The van der Waals surface area contributed by atoms with Crippen molar-refractivity contribution in [1.82, 2.24) is 0 Å². The van der Waals surface area contributed by atoms with Gasteiger partial charge >= 0.3 is 7.12 Å². The Labute approximate surface area is 179 Å². The van der Waals surface area contributed by atoms with Crippen molar-refractivity contribution in [3.63, 3.8) is 0 Å². The molecule has 0 aromatic heterocycles. The number of carbonyl (C=O) groups excluding carboxylic acids is 1. The lowest BCUT2D eigenvalue weighted by Gasteiger charge is -2.64. The van der Waals surface area contributed by atoms with E-state index >= 15 is 0 Å². The molecular formula is C23H34BNO5. The normalized spacial score (nSPS) is 33.5. The van der Waals surface area contributed by atoms with E-state index < -0.39 is 18.9 Å². The summed E-state index contributed by atoms with van der Waals surface area (Å²) in [6, 6.07) is 9.97. The fourth-order valence-electron chi connectivity index (χ4n) is 5.95. The van der Waals surface area contributed by atoms with E-state index in [-0.39, 0.29) is 29.5 Å². The topological polar surface area (TPSA) is 80.0 Å². The molecule has 30 heavy (non-hydrogen) atoms. The second-order valence-electron chi connectivity index (χ2n) is 9.97. The highest BCUT2D eigenvalue weighted by molar-refractivity contribution is 6.48. The Balaban J connectivity index is 1.50. The molecule has 1 aromatic rings. The molecule has 7 heteroatoms. The first-order valence-corrected chi connectivity index (χ1v) is 11.0. The Morgan fingerprint density at radius 1 is 1.23 bits per heavy atom. The molecule has 6 atom stereocenters. The number of nitrogens with two attached hydrogens (primary N) is 1. The first kappa shape index (κ1) is 21.8. The van der Waals surface area contributed by atoms with Gasteiger partial charge in [-0.15, -0.1) is 0 Å². The first-order valence-electron chi connectivity index (χ1n) is 11.0. The molecule has 3 aliphatic carbocycles. The lowest BCUT2D eigenvalue weighted by Crippen LogP contribution is -2.65. The SMILES string of the molecule is COCC(C(N)=O)[C@H](COCc1ccccc1)B1O[C@@H]2C[C@@H]3C[C@@H](C3(C)C)[C@]2(C)O1. The van der Waals surface area contributed by atoms with E-state index in [1.165, 1.54) is 6.42 Å². The zero-order chi connectivity index (χ0) is 21.5. The standard InChI is InChI=1S/C23H34BNO5/c1-22(2)16-10-19(22)23(3)20(11-16)29-24(30-23)18(17(13-27-4)21(25)26)14-28-12-15-8-6-5-7-9-15/h5-9,16-20H,10-14H2,1-4H3,(H2,25,26)/t16-,17?,18-,19-,20+,23-/m0/s1. The van der Waals surface area contributed by atoms with E-state index in [1.54, 1.807) is 7.11 Å². The van der Waals surface area contributed by atoms with Crippen LogP contribution in [0.5, 0.6) is 0 Å². The van der Waals surface area contributed by atoms with Crippen LogP contribution in [-0.2, 0) is 30.2 Å². The van der Waals surface area contributed by atoms with Crippen molar-refractivity contribution >= 4 is 13.0 Å². The van der Waals surface area contributed by atoms with Crippen LogP contribution in [0.15, 0.2) is 30.3 Å². The Morgan fingerprint density at radius 2 is 1.97 bits per heavy atom. The van der Waals surface area contributed by atoms with Crippen LogP contribution in [0.1, 0.15) is 39.2 Å². The minimum Gasteiger partial charge on any atom is -0.405 e. The number of methoxy groups -OCH3 is 1. The van der Waals surface area contributed by atoms with Gasteiger partial charge in [-0.25, -0.2) is 0 Å². The van der Waals surface area contributed by atoms with Gasteiger partial charge < -0.3 is 24.5 Å². The van der Waals surface area contributed by atoms with Gasteiger partial charge in [0.1, 0.15) is 0 Å². The summed E-state index contributed by atoms with van der Waals surface area (Å²) in [7, 11) is 1.05. The van der Waals surface area contributed by atoms with Crippen molar-refractivity contribution in [3.8, 4) is 0 Å². The zero-order valence-corrected chi connectivity index (χ0v) is 18.5. The monoisotopic (exact) mass is 415 g/mol. The lowest BCUT2D eigenvalue weighted by atomic mass is 9.43. The molecule has 0 radical (unpaired) electrons. The van der Waals surface area contributed by atoms with Gasteiger partial charge in [0.15, 0.2) is 0 Å². The maximum atomic E-state index is 12.3. The second kappa shape index (κ2) is 8.27. The van der Waals surface area contributed by atoms with Gasteiger partial charge in [0.25, 0.3) is 0 Å². The molecule has 1 unspecified atom stereocenters. The van der Waals surface area contributed by atoms with E-state index in [0.29, 0.717) is 25.0 Å². The second-order valence-corrected chi connectivity index (χ2v) is 9.97. The molecule has 5 rings (SSSR count). The molecule has 2 bridgehead atoms. The van der Waals surface area contributed by atoms with Crippen LogP contribution in [0.4, 0.5) is 0 Å². The van der Waals surface area contributed by atoms with Crippen LogP contribution in [0.3, 0.4) is 0 Å². The van der Waals surface area contributed by atoms with Crippen LogP contribution < -0.4 is 5.73 Å². The fraction of sp³-hybridized carbons (Fsp3) is 0.696. The Hall–Kier alpha value is -1.41. The molecule has 164 valence electrons. The molecule has 4 fully saturated rings. The molecule has 1 aromatic carbocycles. The van der Waals surface area contributed by atoms with Crippen LogP contribution in [0.2, 0.25) is 5.82 Å². The quantitative estimate of drug-likeness (QED) is 0.627. The van der Waals surface area contributed by atoms with Crippen LogP contribution >= 0.6 is 0 Å². The van der Waals surface area contributed by atoms with E-state index in [1.807, 2.05) is 30.3 Å². The number of primary amides is 1. The summed E-state index contributed by atoms with van der Waals surface area (Å²) in [5, 5.41) is 0. The number of amides is 1. The summed E-state index contributed by atoms with van der Waals surface area (Å²) in [4.78, 5) is 12.3. The minimum absolute atomic E-state index is 0.0481. The van der Waals surface area contributed by atoms with Crippen molar-refractivity contribution in [1.29, 1.82) is 0 Å². The van der Waals surface area contributed by atoms with Crippen molar-refractivity contribution in [3.05, 3.63) is 35.9 Å². The third kappa shape index (κ3) is 3.70. The molecule has 3 saturated carbocycles. The molecular weight excluding hydrogens is 381 g/mol. The maximum Gasteiger partial charge on any atom is 0.464 e. The van der Waals surface area contributed by atoms with Crippen molar-refractivity contribution in [2.75, 3.05) is 20.3 Å². The summed E-state index contributed by atoms with van der Waals surface area (Å²) < 4.78 is 24.4. The molecule has 1 saturated heterocycles. The number of rotatable bonds is 9. The van der Waals surface area contributed by atoms with Crippen molar-refractivity contribution in [2.45, 2.75) is 57.7 Å². The largest absolute Gasteiger partial charge is 0.464 e. The van der Waals surface area contributed by atoms with Crippen molar-refractivity contribution < 1.29 is 23.6 Å². The number of carbonyl (C=O) groups is 1. The molecule has 0 spiro atoms. The summed E-state index contributed by atoms with van der Waals surface area (Å²) in [6.45, 7) is 7.84. The summed E-state index contributed by atoms with van der Waals surface area (Å²) in [6.07, 6.45) is 2.23. The zero-order valence-electron chi connectivity index (χ0n) is 18.5. The molecule has 1 heterocycles. The number of hydrogen-bond acceptors (Lipinski definition) is 5. The van der Waals surface area contributed by atoms with Gasteiger partial charge in [0, 0.05) is 19.5 Å². The van der Waals surface area contributed by atoms with Crippen LogP contribution in [0.25, 0.3) is 0 Å². The van der Waals surface area contributed by atoms with Gasteiger partial charge in [0.05, 0.1) is 30.8 Å². The molecule has 6 nitrogen and oxygen atoms in total. The minimum atomic E-state index is -0.539. The molecule has 4 aliphatic rings. The third-order valence-electron chi connectivity index (χ3n) is 7.97. The average Bonchev–Trinajstić information content (AvgIpc) is 3.07. The van der Waals surface area contributed by atoms with Gasteiger partial charge in [-0.1, -0.05) is 44.2 Å². The number of ether oxygens (including phenoxy) is 2. The fourth-order valence-corrected chi connectivity index (χ4v) is 5.95. The first-order chi connectivity index (χ1) is 14.3. The molecule has 2 N–H and O–H groups in total. The van der Waals surface area contributed by atoms with Gasteiger partial charge in [0.2, 0.25) is 5.91 Å².